The van der Waals surface area contributed by atoms with E-state index in [2.05, 4.69) is 10.3 Å². The zero-order valence-corrected chi connectivity index (χ0v) is 12.8. The first-order chi connectivity index (χ1) is 11.6. The van der Waals surface area contributed by atoms with Crippen molar-refractivity contribution in [1.29, 1.82) is 0 Å². The van der Waals surface area contributed by atoms with Crippen molar-refractivity contribution in [2.75, 3.05) is 9.91 Å². The van der Waals surface area contributed by atoms with Gasteiger partial charge in [-0.15, -0.1) is 0 Å². The summed E-state index contributed by atoms with van der Waals surface area (Å²) in [6.07, 6.45) is 0. The van der Waals surface area contributed by atoms with Gasteiger partial charge in [-0.2, -0.15) is 5.11 Å². The number of anilines is 2. The number of nitrogens with zero attached hydrogens (tertiary/aromatic N) is 4. The van der Waals surface area contributed by atoms with E-state index in [0.717, 1.165) is 10.5 Å². The zero-order chi connectivity index (χ0) is 16.8. The second kappa shape index (κ2) is 5.23. The van der Waals surface area contributed by atoms with E-state index in [4.69, 9.17) is 0 Å². The third-order valence-electron chi connectivity index (χ3n) is 4.17. The van der Waals surface area contributed by atoms with Gasteiger partial charge in [-0.05, 0) is 43.3 Å². The summed E-state index contributed by atoms with van der Waals surface area (Å²) in [5, 5.41) is 9.43. The Labute approximate surface area is 137 Å². The van der Waals surface area contributed by atoms with Crippen molar-refractivity contribution in [3.63, 3.8) is 0 Å². The molecule has 120 valence electrons. The number of rotatable bonds is 2. The van der Waals surface area contributed by atoms with Crippen LogP contribution in [0.25, 0.3) is 0 Å². The lowest BCUT2D eigenvalue weighted by molar-refractivity contribution is -0.121. The van der Waals surface area contributed by atoms with Gasteiger partial charge in [0.2, 0.25) is 0 Å². The van der Waals surface area contributed by atoms with Crippen molar-refractivity contribution in [2.24, 2.45) is 10.3 Å². The van der Waals surface area contributed by atoms with Crippen molar-refractivity contribution in [2.45, 2.75) is 19.0 Å². The molecule has 2 amide bonds. The lowest BCUT2D eigenvalue weighted by Crippen LogP contribution is -2.39. The number of imide groups is 1. The largest absolute Gasteiger partial charge is 0.271 e. The second-order valence-corrected chi connectivity index (χ2v) is 5.76. The number of halogens is 1. The molecule has 0 spiro atoms. The van der Waals surface area contributed by atoms with Gasteiger partial charge < -0.3 is 0 Å². The molecular formula is C17H13FN4O2. The molecule has 7 heteroatoms. The first kappa shape index (κ1) is 14.5. The van der Waals surface area contributed by atoms with E-state index in [1.54, 1.807) is 0 Å². The Balaban J connectivity index is 1.69. The smallest absolute Gasteiger partial charge is 0.263 e. The van der Waals surface area contributed by atoms with Crippen LogP contribution in [0.3, 0.4) is 0 Å². The molecule has 0 aliphatic carbocycles. The fraction of sp³-hybridized carbons (Fsp3) is 0.176. The van der Waals surface area contributed by atoms with Crippen LogP contribution >= 0.6 is 0 Å². The van der Waals surface area contributed by atoms with Crippen LogP contribution in [-0.4, -0.2) is 23.9 Å². The average Bonchev–Trinajstić information content (AvgIpc) is 3.11. The fourth-order valence-corrected chi connectivity index (χ4v) is 2.92. The monoisotopic (exact) mass is 324 g/mol. The summed E-state index contributed by atoms with van der Waals surface area (Å²) in [4.78, 5) is 26.4. The number of benzene rings is 2. The lowest BCUT2D eigenvalue weighted by Gasteiger charge is -2.20. The number of carbonyl (C=O) groups excluding carboxylic acids is 2. The molecule has 0 saturated carbocycles. The van der Waals surface area contributed by atoms with E-state index < -0.39 is 29.7 Å². The van der Waals surface area contributed by atoms with Crippen molar-refractivity contribution in [3.05, 3.63) is 59.9 Å². The van der Waals surface area contributed by atoms with Crippen LogP contribution in [0.4, 0.5) is 15.8 Å². The van der Waals surface area contributed by atoms with Gasteiger partial charge in [0.25, 0.3) is 11.8 Å². The molecule has 1 saturated heterocycles. The molecule has 4 rings (SSSR count). The summed E-state index contributed by atoms with van der Waals surface area (Å²) < 4.78 is 13.1. The van der Waals surface area contributed by atoms with Gasteiger partial charge in [0.1, 0.15) is 5.82 Å². The SMILES string of the molecule is Cc1ccc(N2N=NC3C(=O)N(c4ccc(F)cc4)C(=O)C32)cc1. The number of carbonyl (C=O) groups is 2. The Hall–Kier alpha value is -3.09. The fourth-order valence-electron chi connectivity index (χ4n) is 2.92. The highest BCUT2D eigenvalue weighted by Gasteiger charge is 2.55. The molecule has 1 fully saturated rings. The van der Waals surface area contributed by atoms with Crippen LogP contribution in [0, 0.1) is 12.7 Å². The van der Waals surface area contributed by atoms with E-state index in [1.165, 1.54) is 29.3 Å². The number of hydrogen-bond acceptors (Lipinski definition) is 5. The summed E-state index contributed by atoms with van der Waals surface area (Å²) in [6.45, 7) is 1.96. The minimum atomic E-state index is -0.871. The van der Waals surface area contributed by atoms with Gasteiger partial charge in [-0.1, -0.05) is 22.9 Å². The zero-order valence-electron chi connectivity index (χ0n) is 12.8. The molecule has 0 radical (unpaired) electrons. The Morgan fingerprint density at radius 2 is 1.54 bits per heavy atom. The van der Waals surface area contributed by atoms with Crippen LogP contribution in [0.1, 0.15) is 5.56 Å². The molecule has 0 aromatic heterocycles. The molecule has 6 nitrogen and oxygen atoms in total. The van der Waals surface area contributed by atoms with Crippen LogP contribution in [0.2, 0.25) is 0 Å². The first-order valence-electron chi connectivity index (χ1n) is 7.46. The third kappa shape index (κ3) is 2.09. The quantitative estimate of drug-likeness (QED) is 0.798. The maximum absolute atomic E-state index is 13.1. The standard InChI is InChI=1S/C17H13FN4O2/c1-10-2-6-13(7-3-10)22-15-14(19-20-22)16(23)21(17(15)24)12-8-4-11(18)5-9-12/h2-9,14-15H,1H3. The van der Waals surface area contributed by atoms with Crippen LogP contribution in [-0.2, 0) is 9.59 Å². The van der Waals surface area contributed by atoms with E-state index >= 15 is 0 Å². The Morgan fingerprint density at radius 1 is 0.917 bits per heavy atom. The third-order valence-corrected chi connectivity index (χ3v) is 4.17. The van der Waals surface area contributed by atoms with Crippen molar-refractivity contribution < 1.29 is 14.0 Å². The number of fused-ring (bicyclic) bond motifs is 1. The Morgan fingerprint density at radius 3 is 2.21 bits per heavy atom. The predicted octanol–water partition coefficient (Wildman–Crippen LogP) is 2.63. The van der Waals surface area contributed by atoms with Gasteiger partial charge in [0.15, 0.2) is 12.1 Å². The van der Waals surface area contributed by atoms with Gasteiger partial charge in [0, 0.05) is 0 Å². The highest BCUT2D eigenvalue weighted by Crippen LogP contribution is 2.34. The van der Waals surface area contributed by atoms with E-state index in [1.807, 2.05) is 31.2 Å². The summed E-state index contributed by atoms with van der Waals surface area (Å²) >= 11 is 0. The summed E-state index contributed by atoms with van der Waals surface area (Å²) in [5.74, 6) is -1.30. The van der Waals surface area contributed by atoms with Crippen LogP contribution < -0.4 is 9.91 Å². The van der Waals surface area contributed by atoms with Crippen molar-refractivity contribution >= 4 is 23.2 Å². The Kier molecular flexibility index (Phi) is 3.16. The van der Waals surface area contributed by atoms with Crippen molar-refractivity contribution in [1.82, 2.24) is 0 Å². The molecule has 24 heavy (non-hydrogen) atoms. The minimum Gasteiger partial charge on any atom is -0.271 e. The van der Waals surface area contributed by atoms with Crippen molar-refractivity contribution in [3.8, 4) is 0 Å². The molecule has 2 aromatic carbocycles. The maximum atomic E-state index is 13.1. The summed E-state index contributed by atoms with van der Waals surface area (Å²) in [6, 6.07) is 11.0. The number of hydrogen-bond donors (Lipinski definition) is 0. The Bertz CT molecular complexity index is 848. The molecule has 2 aliphatic heterocycles. The molecule has 0 bridgehead atoms. The van der Waals surface area contributed by atoms with Gasteiger partial charge in [-0.3, -0.25) is 9.59 Å². The van der Waals surface area contributed by atoms with Gasteiger partial charge >= 0.3 is 0 Å². The van der Waals surface area contributed by atoms with E-state index in [0.29, 0.717) is 11.4 Å². The van der Waals surface area contributed by atoms with Crippen LogP contribution in [0.5, 0.6) is 0 Å². The normalized spacial score (nSPS) is 22.4. The average molecular weight is 324 g/mol. The molecule has 2 aromatic rings. The number of amides is 2. The highest BCUT2D eigenvalue weighted by atomic mass is 19.1. The van der Waals surface area contributed by atoms with E-state index in [9.17, 15) is 14.0 Å². The molecule has 2 atom stereocenters. The van der Waals surface area contributed by atoms with E-state index in [-0.39, 0.29) is 0 Å². The highest BCUT2D eigenvalue weighted by molar-refractivity contribution is 6.26. The van der Waals surface area contributed by atoms with Crippen LogP contribution in [0.15, 0.2) is 58.9 Å². The second-order valence-electron chi connectivity index (χ2n) is 5.76. The van der Waals surface area contributed by atoms with Gasteiger partial charge in [0.05, 0.1) is 11.4 Å². The maximum Gasteiger partial charge on any atom is 0.263 e. The lowest BCUT2D eigenvalue weighted by atomic mass is 10.1. The molecular weight excluding hydrogens is 311 g/mol. The van der Waals surface area contributed by atoms with Gasteiger partial charge in [-0.25, -0.2) is 14.3 Å². The predicted molar refractivity (Wildman–Crippen MR) is 85.0 cm³/mol. The number of aryl methyl sites for hydroxylation is 1. The summed E-state index contributed by atoms with van der Waals surface area (Å²) in [7, 11) is 0. The summed E-state index contributed by atoms with van der Waals surface area (Å²) in [5.41, 5.74) is 2.10. The molecule has 2 unspecified atom stereocenters. The minimum absolute atomic E-state index is 0.333. The molecule has 0 N–H and O–H groups in total. The molecule has 2 heterocycles. The topological polar surface area (TPSA) is 65.3 Å². The first-order valence-corrected chi connectivity index (χ1v) is 7.46. The molecule has 2 aliphatic rings.